The lowest BCUT2D eigenvalue weighted by Crippen LogP contribution is -2.22. The highest BCUT2D eigenvalue weighted by molar-refractivity contribution is 7.80. The monoisotopic (exact) mass is 317 g/mol. The molecule has 2 aromatic carbocycles. The highest BCUT2D eigenvalue weighted by Gasteiger charge is 2.10. The molecular weight excluding hydrogens is 298 g/mol. The van der Waals surface area contributed by atoms with Crippen LogP contribution in [0.4, 0.5) is 0 Å². The van der Waals surface area contributed by atoms with Gasteiger partial charge in [0.1, 0.15) is 22.2 Å². The summed E-state index contributed by atoms with van der Waals surface area (Å²) < 4.78 is 15.9. The molecule has 0 amide bonds. The van der Waals surface area contributed by atoms with Gasteiger partial charge >= 0.3 is 0 Å². The maximum Gasteiger partial charge on any atom is 0.132 e. The summed E-state index contributed by atoms with van der Waals surface area (Å²) in [6.45, 7) is 0.581. The Bertz CT molecular complexity index is 658. The number of benzene rings is 2. The minimum atomic E-state index is 0.581. The quantitative estimate of drug-likeness (QED) is 0.829. The van der Waals surface area contributed by atoms with Crippen LogP contribution in [0, 0.1) is 0 Å². The van der Waals surface area contributed by atoms with Crippen molar-refractivity contribution in [2.24, 2.45) is 0 Å². The van der Waals surface area contributed by atoms with Crippen molar-refractivity contribution >= 4 is 17.2 Å². The molecule has 0 aliphatic rings. The van der Waals surface area contributed by atoms with Crippen LogP contribution in [0.5, 0.6) is 17.2 Å². The largest absolute Gasteiger partial charge is 0.497 e. The summed E-state index contributed by atoms with van der Waals surface area (Å²) in [4.78, 5) is 0.616. The van der Waals surface area contributed by atoms with Crippen molar-refractivity contribution < 1.29 is 14.2 Å². The van der Waals surface area contributed by atoms with Gasteiger partial charge in [0.25, 0.3) is 0 Å². The fraction of sp³-hybridized carbons (Fsp3) is 0.235. The van der Waals surface area contributed by atoms with Crippen molar-refractivity contribution in [3.63, 3.8) is 0 Å². The fourth-order valence-corrected chi connectivity index (χ4v) is 2.35. The Morgan fingerprint density at radius 3 is 2.36 bits per heavy atom. The molecule has 0 radical (unpaired) electrons. The normalized spacial score (nSPS) is 9.95. The first-order chi connectivity index (χ1) is 10.7. The number of hydrogen-bond acceptors (Lipinski definition) is 4. The highest BCUT2D eigenvalue weighted by Crippen LogP contribution is 2.25. The van der Waals surface area contributed by atoms with E-state index < -0.39 is 0 Å². The van der Waals surface area contributed by atoms with Crippen molar-refractivity contribution in [2.75, 3.05) is 21.3 Å². The van der Waals surface area contributed by atoms with Gasteiger partial charge in [-0.1, -0.05) is 30.4 Å². The number of nitrogens with one attached hydrogen (secondary N) is 1. The third-order valence-electron chi connectivity index (χ3n) is 3.29. The Hall–Kier alpha value is -2.27. The van der Waals surface area contributed by atoms with E-state index in [4.69, 9.17) is 26.4 Å². The molecule has 5 heteroatoms. The predicted octanol–water partition coefficient (Wildman–Crippen LogP) is 3.18. The summed E-state index contributed by atoms with van der Waals surface area (Å²) in [6, 6.07) is 13.4. The molecule has 116 valence electrons. The van der Waals surface area contributed by atoms with Crippen LogP contribution >= 0.6 is 12.2 Å². The average Bonchev–Trinajstić information content (AvgIpc) is 2.59. The maximum atomic E-state index is 5.46. The summed E-state index contributed by atoms with van der Waals surface area (Å²) in [6.07, 6.45) is 0. The average molecular weight is 317 g/mol. The molecule has 1 N–H and O–H groups in total. The van der Waals surface area contributed by atoms with Crippen LogP contribution in [0.15, 0.2) is 42.5 Å². The second-order valence-corrected chi connectivity index (χ2v) is 4.97. The van der Waals surface area contributed by atoms with Gasteiger partial charge in [-0.3, -0.25) is 0 Å². The highest BCUT2D eigenvalue weighted by atomic mass is 32.1. The molecule has 0 atom stereocenters. The molecule has 22 heavy (non-hydrogen) atoms. The van der Waals surface area contributed by atoms with Crippen LogP contribution in [0.1, 0.15) is 11.1 Å². The number of ether oxygens (including phenoxy) is 3. The molecule has 0 aliphatic carbocycles. The van der Waals surface area contributed by atoms with E-state index in [1.807, 2.05) is 42.5 Å². The number of hydrogen-bond donors (Lipinski definition) is 1. The number of para-hydroxylation sites is 1. The van der Waals surface area contributed by atoms with E-state index in [1.165, 1.54) is 0 Å². The zero-order valence-corrected chi connectivity index (χ0v) is 13.7. The summed E-state index contributed by atoms with van der Waals surface area (Å²) in [5, 5.41) is 3.23. The smallest absolute Gasteiger partial charge is 0.132 e. The van der Waals surface area contributed by atoms with E-state index in [-0.39, 0.29) is 0 Å². The maximum absolute atomic E-state index is 5.46. The van der Waals surface area contributed by atoms with E-state index in [0.717, 1.165) is 22.6 Å². The van der Waals surface area contributed by atoms with Gasteiger partial charge in [0.05, 0.1) is 26.9 Å². The molecule has 4 nitrogen and oxygen atoms in total. The van der Waals surface area contributed by atoms with Crippen LogP contribution in [-0.2, 0) is 6.54 Å². The first-order valence-corrected chi connectivity index (χ1v) is 7.22. The third kappa shape index (κ3) is 3.68. The van der Waals surface area contributed by atoms with Crippen molar-refractivity contribution in [1.82, 2.24) is 5.32 Å². The first-order valence-electron chi connectivity index (χ1n) is 6.81. The van der Waals surface area contributed by atoms with Gasteiger partial charge < -0.3 is 19.5 Å². The molecule has 0 spiro atoms. The van der Waals surface area contributed by atoms with E-state index in [2.05, 4.69) is 5.32 Å². The van der Waals surface area contributed by atoms with Gasteiger partial charge in [0.15, 0.2) is 0 Å². The Balaban J connectivity index is 2.12. The van der Waals surface area contributed by atoms with Crippen molar-refractivity contribution in [3.8, 4) is 17.2 Å². The molecule has 0 heterocycles. The van der Waals surface area contributed by atoms with Gasteiger partial charge in [-0.2, -0.15) is 0 Å². The van der Waals surface area contributed by atoms with Crippen LogP contribution in [0.2, 0.25) is 0 Å². The second-order valence-electron chi connectivity index (χ2n) is 4.56. The minimum Gasteiger partial charge on any atom is -0.497 e. The molecule has 0 fully saturated rings. The standard InChI is InChI=1S/C17H19NO3S/c1-19-13-8-9-14(16(10-13)21-3)17(22)18-11-12-6-4-5-7-15(12)20-2/h4-10H,11H2,1-3H3,(H,18,22). The Morgan fingerprint density at radius 1 is 0.955 bits per heavy atom. The van der Waals surface area contributed by atoms with E-state index in [9.17, 15) is 0 Å². The van der Waals surface area contributed by atoms with Gasteiger partial charge in [0, 0.05) is 18.2 Å². The Morgan fingerprint density at radius 2 is 1.68 bits per heavy atom. The van der Waals surface area contributed by atoms with Crippen molar-refractivity contribution in [1.29, 1.82) is 0 Å². The molecule has 0 aromatic heterocycles. The zero-order valence-electron chi connectivity index (χ0n) is 12.9. The minimum absolute atomic E-state index is 0.581. The van der Waals surface area contributed by atoms with Crippen molar-refractivity contribution in [2.45, 2.75) is 6.54 Å². The Kier molecular flexibility index (Phi) is 5.61. The van der Waals surface area contributed by atoms with Crippen LogP contribution in [0.25, 0.3) is 0 Å². The zero-order chi connectivity index (χ0) is 15.9. The summed E-state index contributed by atoms with van der Waals surface area (Å²) in [7, 11) is 4.89. The predicted molar refractivity (Wildman–Crippen MR) is 91.1 cm³/mol. The van der Waals surface area contributed by atoms with Gasteiger partial charge in [-0.05, 0) is 18.2 Å². The molecular formula is C17H19NO3S. The lowest BCUT2D eigenvalue weighted by atomic mass is 10.1. The molecule has 0 aliphatic heterocycles. The summed E-state index contributed by atoms with van der Waals surface area (Å²) in [5.41, 5.74) is 1.87. The van der Waals surface area contributed by atoms with Crippen LogP contribution in [-0.4, -0.2) is 26.3 Å². The lowest BCUT2D eigenvalue weighted by molar-refractivity contribution is 0.393. The Labute approximate surface area is 136 Å². The first kappa shape index (κ1) is 16.1. The molecule has 0 saturated carbocycles. The lowest BCUT2D eigenvalue weighted by Gasteiger charge is -2.14. The van der Waals surface area contributed by atoms with Crippen LogP contribution in [0.3, 0.4) is 0 Å². The van der Waals surface area contributed by atoms with E-state index in [1.54, 1.807) is 21.3 Å². The molecule has 2 rings (SSSR count). The molecule has 0 saturated heterocycles. The summed E-state index contributed by atoms with van der Waals surface area (Å²) in [5.74, 6) is 2.24. The van der Waals surface area contributed by atoms with Gasteiger partial charge in [0.2, 0.25) is 0 Å². The fourth-order valence-electron chi connectivity index (χ4n) is 2.11. The molecule has 2 aromatic rings. The van der Waals surface area contributed by atoms with Gasteiger partial charge in [-0.15, -0.1) is 0 Å². The number of methoxy groups -OCH3 is 3. The van der Waals surface area contributed by atoms with Crippen molar-refractivity contribution in [3.05, 3.63) is 53.6 Å². The van der Waals surface area contributed by atoms with E-state index >= 15 is 0 Å². The van der Waals surface area contributed by atoms with Crippen LogP contribution < -0.4 is 19.5 Å². The van der Waals surface area contributed by atoms with Gasteiger partial charge in [-0.25, -0.2) is 0 Å². The number of thiocarbonyl (C=S) groups is 1. The topological polar surface area (TPSA) is 39.7 Å². The third-order valence-corrected chi connectivity index (χ3v) is 3.65. The molecule has 0 bridgehead atoms. The molecule has 0 unspecified atom stereocenters. The number of rotatable bonds is 6. The van der Waals surface area contributed by atoms with E-state index in [0.29, 0.717) is 17.3 Å². The summed E-state index contributed by atoms with van der Waals surface area (Å²) >= 11 is 5.46. The SMILES string of the molecule is COc1ccc(C(=S)NCc2ccccc2OC)c(OC)c1. The second kappa shape index (κ2) is 7.66.